The molecule has 0 amide bonds. The minimum absolute atomic E-state index is 0.462. The summed E-state index contributed by atoms with van der Waals surface area (Å²) in [6, 6.07) is 2.16. The Hall–Kier alpha value is -1.40. The molecule has 0 fully saturated rings. The first-order valence-corrected chi connectivity index (χ1v) is 7.46. The average Bonchev–Trinajstić information content (AvgIpc) is 2.81. The summed E-state index contributed by atoms with van der Waals surface area (Å²) in [5.41, 5.74) is 2.53. The maximum atomic E-state index is 5.43. The van der Waals surface area contributed by atoms with Crippen LogP contribution in [0.5, 0.6) is 0 Å². The summed E-state index contributed by atoms with van der Waals surface area (Å²) < 4.78 is 0. The fourth-order valence-corrected chi connectivity index (χ4v) is 2.79. The number of nitrogen functional groups attached to an aromatic ring is 1. The van der Waals surface area contributed by atoms with E-state index < -0.39 is 0 Å². The van der Waals surface area contributed by atoms with Crippen LogP contribution in [0.15, 0.2) is 6.07 Å². The van der Waals surface area contributed by atoms with E-state index in [1.54, 1.807) is 11.3 Å². The summed E-state index contributed by atoms with van der Waals surface area (Å²) in [6.45, 7) is 7.48. The Morgan fingerprint density at radius 2 is 2.16 bits per heavy atom. The minimum Gasteiger partial charge on any atom is -0.369 e. The van der Waals surface area contributed by atoms with E-state index in [2.05, 4.69) is 47.5 Å². The zero-order valence-corrected chi connectivity index (χ0v) is 12.5. The van der Waals surface area contributed by atoms with E-state index in [0.717, 1.165) is 35.4 Å². The molecule has 0 atom stereocenters. The van der Waals surface area contributed by atoms with Gasteiger partial charge in [0.05, 0.1) is 5.39 Å². The van der Waals surface area contributed by atoms with Gasteiger partial charge in [0.25, 0.3) is 0 Å². The molecule has 0 unspecified atom stereocenters. The van der Waals surface area contributed by atoms with Crippen molar-refractivity contribution in [2.24, 2.45) is 11.8 Å². The molecule has 6 heteroatoms. The molecule has 2 aromatic heterocycles. The van der Waals surface area contributed by atoms with Gasteiger partial charge in [-0.15, -0.1) is 11.3 Å². The number of nitrogens with two attached hydrogens (primary N) is 1. The second kappa shape index (κ2) is 6.16. The Morgan fingerprint density at radius 3 is 2.79 bits per heavy atom. The van der Waals surface area contributed by atoms with Crippen LogP contribution in [0.25, 0.3) is 10.2 Å². The lowest BCUT2D eigenvalue weighted by Crippen LogP contribution is -2.13. The molecule has 0 bridgehead atoms. The maximum Gasteiger partial charge on any atom is 0.240 e. The van der Waals surface area contributed by atoms with Crippen molar-refractivity contribution < 1.29 is 0 Å². The summed E-state index contributed by atoms with van der Waals surface area (Å²) in [4.78, 5) is 11.1. The van der Waals surface area contributed by atoms with Crippen LogP contribution in [0.2, 0.25) is 0 Å². The van der Waals surface area contributed by atoms with E-state index in [4.69, 9.17) is 5.84 Å². The lowest BCUT2D eigenvalue weighted by Gasteiger charge is -2.09. The summed E-state index contributed by atoms with van der Waals surface area (Å²) in [6.07, 6.45) is 2.12. The van der Waals surface area contributed by atoms with Crippen LogP contribution in [-0.4, -0.2) is 16.5 Å². The van der Waals surface area contributed by atoms with E-state index in [0.29, 0.717) is 11.9 Å². The van der Waals surface area contributed by atoms with Crippen molar-refractivity contribution in [1.29, 1.82) is 0 Å². The van der Waals surface area contributed by atoms with Crippen molar-refractivity contribution in [2.75, 3.05) is 17.3 Å². The quantitative estimate of drug-likeness (QED) is 0.560. The van der Waals surface area contributed by atoms with Crippen LogP contribution in [0.1, 0.15) is 32.1 Å². The normalized spacial score (nSPS) is 11.2. The number of fused-ring (bicyclic) bond motifs is 1. The van der Waals surface area contributed by atoms with Crippen molar-refractivity contribution in [1.82, 2.24) is 9.97 Å². The van der Waals surface area contributed by atoms with Crippen LogP contribution >= 0.6 is 11.3 Å². The molecule has 0 aromatic carbocycles. The Morgan fingerprint density at radius 1 is 1.37 bits per heavy atom. The molecule has 104 valence electrons. The van der Waals surface area contributed by atoms with E-state index in [1.165, 1.54) is 4.88 Å². The second-order valence-corrected chi connectivity index (χ2v) is 6.05. The Kier molecular flexibility index (Phi) is 4.55. The Labute approximate surface area is 117 Å². The Balaban J connectivity index is 2.30. The molecule has 2 heterocycles. The predicted molar refractivity (Wildman–Crippen MR) is 82.5 cm³/mol. The third kappa shape index (κ3) is 3.33. The van der Waals surface area contributed by atoms with Crippen molar-refractivity contribution in [2.45, 2.75) is 33.6 Å². The zero-order chi connectivity index (χ0) is 13.8. The summed E-state index contributed by atoms with van der Waals surface area (Å²) in [5, 5.41) is 4.48. The van der Waals surface area contributed by atoms with Gasteiger partial charge in [-0.25, -0.2) is 10.8 Å². The number of aryl methyl sites for hydroxylation is 1. The molecule has 0 aliphatic heterocycles. The number of hydrogen-bond donors (Lipinski definition) is 3. The van der Waals surface area contributed by atoms with Crippen molar-refractivity contribution >= 4 is 33.3 Å². The van der Waals surface area contributed by atoms with Crippen LogP contribution in [0, 0.1) is 5.92 Å². The number of nitrogens with one attached hydrogen (secondary N) is 2. The van der Waals surface area contributed by atoms with E-state index in [1.807, 2.05) is 0 Å². The maximum absolute atomic E-state index is 5.43. The van der Waals surface area contributed by atoms with Gasteiger partial charge >= 0.3 is 0 Å². The second-order valence-electron chi connectivity index (χ2n) is 4.93. The first kappa shape index (κ1) is 14.0. The molecule has 0 spiro atoms. The van der Waals surface area contributed by atoms with Crippen LogP contribution in [0.4, 0.5) is 11.8 Å². The number of anilines is 2. The Bertz CT molecular complexity index is 549. The third-order valence-corrected chi connectivity index (χ3v) is 4.11. The van der Waals surface area contributed by atoms with Crippen molar-refractivity contribution in [3.63, 3.8) is 0 Å². The molecule has 19 heavy (non-hydrogen) atoms. The molecular weight excluding hydrogens is 258 g/mol. The van der Waals surface area contributed by atoms with Crippen molar-refractivity contribution in [3.8, 4) is 0 Å². The summed E-state index contributed by atoms with van der Waals surface area (Å²) in [7, 11) is 0. The van der Waals surface area contributed by atoms with Gasteiger partial charge in [-0.3, -0.25) is 5.43 Å². The molecule has 0 saturated carbocycles. The van der Waals surface area contributed by atoms with Crippen LogP contribution < -0.4 is 16.6 Å². The molecule has 0 radical (unpaired) electrons. The molecule has 2 aromatic rings. The fourth-order valence-electron chi connectivity index (χ4n) is 1.82. The van der Waals surface area contributed by atoms with Gasteiger partial charge in [0.15, 0.2) is 0 Å². The van der Waals surface area contributed by atoms with Gasteiger partial charge in [-0.1, -0.05) is 20.8 Å². The number of nitrogens with zero attached hydrogens (tertiary/aromatic N) is 2. The highest BCUT2D eigenvalue weighted by Crippen LogP contribution is 2.30. The van der Waals surface area contributed by atoms with Gasteiger partial charge in [-0.05, 0) is 24.8 Å². The largest absolute Gasteiger partial charge is 0.369 e. The smallest absolute Gasteiger partial charge is 0.240 e. The highest BCUT2D eigenvalue weighted by Gasteiger charge is 2.10. The van der Waals surface area contributed by atoms with Gasteiger partial charge in [0, 0.05) is 11.4 Å². The molecule has 4 N–H and O–H groups in total. The molecule has 0 saturated heterocycles. The van der Waals surface area contributed by atoms with E-state index in [9.17, 15) is 0 Å². The molecule has 5 nitrogen and oxygen atoms in total. The van der Waals surface area contributed by atoms with Gasteiger partial charge < -0.3 is 5.32 Å². The molecule has 0 aliphatic carbocycles. The summed E-state index contributed by atoms with van der Waals surface area (Å²) in [5.74, 6) is 7.43. The van der Waals surface area contributed by atoms with Crippen LogP contribution in [-0.2, 0) is 6.42 Å². The average molecular weight is 279 g/mol. The summed E-state index contributed by atoms with van der Waals surface area (Å²) >= 11 is 1.69. The van der Waals surface area contributed by atoms with Crippen LogP contribution in [0.3, 0.4) is 0 Å². The van der Waals surface area contributed by atoms with E-state index >= 15 is 0 Å². The SMILES string of the molecule is CCc1cc2c(NCCC(C)C)nc(NN)nc2s1. The number of hydrazine groups is 1. The minimum atomic E-state index is 0.462. The number of aromatic nitrogens is 2. The number of rotatable bonds is 6. The fraction of sp³-hybridized carbons (Fsp3) is 0.538. The molecular formula is C13H21N5S. The van der Waals surface area contributed by atoms with Gasteiger partial charge in [0.1, 0.15) is 10.6 Å². The zero-order valence-electron chi connectivity index (χ0n) is 11.7. The topological polar surface area (TPSA) is 75.9 Å². The van der Waals surface area contributed by atoms with Gasteiger partial charge in [0.2, 0.25) is 5.95 Å². The highest BCUT2D eigenvalue weighted by atomic mass is 32.1. The predicted octanol–water partition coefficient (Wildman–Crippen LogP) is 3.00. The first-order chi connectivity index (χ1) is 9.13. The first-order valence-electron chi connectivity index (χ1n) is 6.65. The molecule has 2 rings (SSSR count). The number of hydrogen-bond acceptors (Lipinski definition) is 6. The highest BCUT2D eigenvalue weighted by molar-refractivity contribution is 7.18. The lowest BCUT2D eigenvalue weighted by molar-refractivity contribution is 0.607. The van der Waals surface area contributed by atoms with E-state index in [-0.39, 0.29) is 0 Å². The number of thiophene rings is 1. The third-order valence-electron chi connectivity index (χ3n) is 2.94. The standard InChI is InChI=1S/C13H21N5S/c1-4-9-7-10-11(15-6-5-8(2)3)16-13(18-14)17-12(10)19-9/h7-8H,4-6,14H2,1-3H3,(H2,15,16,17,18). The lowest BCUT2D eigenvalue weighted by atomic mass is 10.1. The molecule has 0 aliphatic rings. The monoisotopic (exact) mass is 279 g/mol. The van der Waals surface area contributed by atoms with Crippen molar-refractivity contribution in [3.05, 3.63) is 10.9 Å². The van der Waals surface area contributed by atoms with Gasteiger partial charge in [-0.2, -0.15) is 4.98 Å².